The molecule has 3 heteroatoms. The van der Waals surface area contributed by atoms with Crippen LogP contribution in [-0.2, 0) is 0 Å². The third-order valence-electron chi connectivity index (χ3n) is 4.69. The fourth-order valence-corrected chi connectivity index (χ4v) is 4.83. The van der Waals surface area contributed by atoms with Crippen molar-refractivity contribution < 1.29 is 4.79 Å². The Balaban J connectivity index is 1.40. The van der Waals surface area contributed by atoms with Gasteiger partial charge in [-0.2, -0.15) is 0 Å². The summed E-state index contributed by atoms with van der Waals surface area (Å²) in [5.41, 5.74) is 0.746. The van der Waals surface area contributed by atoms with Crippen molar-refractivity contribution in [3.63, 3.8) is 0 Å². The summed E-state index contributed by atoms with van der Waals surface area (Å²) in [5.74, 6) is 0.820. The van der Waals surface area contributed by atoms with Gasteiger partial charge < -0.3 is 5.32 Å². The third-order valence-corrected chi connectivity index (χ3v) is 6.16. The molecule has 2 nitrogen and oxygen atoms in total. The fraction of sp³-hybridized carbons (Fsp3) is 0.381. The van der Waals surface area contributed by atoms with Crippen LogP contribution in [0.1, 0.15) is 42.5 Å². The molecule has 2 aromatic carbocycles. The van der Waals surface area contributed by atoms with Gasteiger partial charge in [-0.05, 0) is 55.9 Å². The molecule has 0 aliphatic heterocycles. The van der Waals surface area contributed by atoms with Crippen LogP contribution in [0.4, 0.5) is 0 Å². The van der Waals surface area contributed by atoms with E-state index < -0.39 is 0 Å². The van der Waals surface area contributed by atoms with E-state index in [2.05, 4.69) is 35.6 Å². The van der Waals surface area contributed by atoms with Crippen molar-refractivity contribution >= 4 is 17.7 Å². The van der Waals surface area contributed by atoms with E-state index in [9.17, 15) is 4.79 Å². The van der Waals surface area contributed by atoms with Crippen LogP contribution in [0.2, 0.25) is 0 Å². The van der Waals surface area contributed by atoms with Gasteiger partial charge >= 0.3 is 0 Å². The molecule has 1 fully saturated rings. The Bertz CT molecular complexity index is 629. The van der Waals surface area contributed by atoms with E-state index in [1.54, 1.807) is 0 Å². The van der Waals surface area contributed by atoms with E-state index in [1.807, 2.05) is 42.1 Å². The molecule has 24 heavy (non-hydrogen) atoms. The van der Waals surface area contributed by atoms with E-state index >= 15 is 0 Å². The largest absolute Gasteiger partial charge is 0.352 e. The maximum atomic E-state index is 12.0. The highest BCUT2D eigenvalue weighted by Gasteiger charge is 2.27. The molecule has 1 saturated carbocycles. The van der Waals surface area contributed by atoms with Crippen molar-refractivity contribution in [1.29, 1.82) is 0 Å². The van der Waals surface area contributed by atoms with E-state index in [0.29, 0.717) is 0 Å². The summed E-state index contributed by atoms with van der Waals surface area (Å²) < 4.78 is 0. The van der Waals surface area contributed by atoms with Crippen molar-refractivity contribution in [3.8, 4) is 0 Å². The van der Waals surface area contributed by atoms with E-state index in [4.69, 9.17) is 0 Å². The molecule has 0 radical (unpaired) electrons. The number of benzene rings is 2. The van der Waals surface area contributed by atoms with Crippen molar-refractivity contribution in [2.45, 2.75) is 42.2 Å². The van der Waals surface area contributed by atoms with Gasteiger partial charge in [0, 0.05) is 22.3 Å². The zero-order valence-electron chi connectivity index (χ0n) is 14.0. The second-order valence-corrected chi connectivity index (χ2v) is 7.74. The highest BCUT2D eigenvalue weighted by Crippen LogP contribution is 2.40. The van der Waals surface area contributed by atoms with Crippen LogP contribution in [0.3, 0.4) is 0 Å². The molecule has 0 saturated heterocycles. The van der Waals surface area contributed by atoms with Crippen LogP contribution in [0.5, 0.6) is 0 Å². The van der Waals surface area contributed by atoms with Crippen LogP contribution in [0.15, 0.2) is 65.6 Å². The first-order valence-electron chi connectivity index (χ1n) is 8.88. The predicted octanol–water partition coefficient (Wildman–Crippen LogP) is 5.16. The monoisotopic (exact) mass is 339 g/mol. The number of hydrogen-bond acceptors (Lipinski definition) is 2. The normalized spacial score (nSPS) is 20.0. The highest BCUT2D eigenvalue weighted by molar-refractivity contribution is 8.00. The molecule has 2 unspecified atom stereocenters. The van der Waals surface area contributed by atoms with Gasteiger partial charge in [-0.15, -0.1) is 11.8 Å². The molecule has 0 heterocycles. The second kappa shape index (κ2) is 8.93. The first kappa shape index (κ1) is 17.1. The van der Waals surface area contributed by atoms with Crippen LogP contribution >= 0.6 is 11.8 Å². The number of hydrogen-bond donors (Lipinski definition) is 1. The molecular weight excluding hydrogens is 314 g/mol. The average Bonchev–Trinajstić information content (AvgIpc) is 3.07. The predicted molar refractivity (Wildman–Crippen MR) is 101 cm³/mol. The number of carbonyl (C=O) groups excluding carboxylic acids is 1. The summed E-state index contributed by atoms with van der Waals surface area (Å²) >= 11 is 2.03. The SMILES string of the molecule is O=C(NCCCC1CCCC1Sc1ccccc1)c1ccccc1. The summed E-state index contributed by atoms with van der Waals surface area (Å²) in [4.78, 5) is 13.4. The van der Waals surface area contributed by atoms with Gasteiger partial charge in [0.05, 0.1) is 0 Å². The van der Waals surface area contributed by atoms with Gasteiger partial charge in [0.1, 0.15) is 0 Å². The van der Waals surface area contributed by atoms with Crippen molar-refractivity contribution in [2.24, 2.45) is 5.92 Å². The Labute approximate surface area is 149 Å². The van der Waals surface area contributed by atoms with Crippen LogP contribution in [-0.4, -0.2) is 17.7 Å². The van der Waals surface area contributed by atoms with E-state index in [0.717, 1.165) is 29.7 Å². The van der Waals surface area contributed by atoms with Crippen molar-refractivity contribution in [2.75, 3.05) is 6.54 Å². The third kappa shape index (κ3) is 4.88. The Hall–Kier alpha value is -1.74. The summed E-state index contributed by atoms with van der Waals surface area (Å²) in [5, 5.41) is 3.78. The minimum Gasteiger partial charge on any atom is -0.352 e. The van der Waals surface area contributed by atoms with Gasteiger partial charge in [0.15, 0.2) is 0 Å². The lowest BCUT2D eigenvalue weighted by atomic mass is 10.0. The minimum atomic E-state index is 0.0391. The zero-order chi connectivity index (χ0) is 16.6. The Kier molecular flexibility index (Phi) is 6.36. The summed E-state index contributed by atoms with van der Waals surface area (Å²) in [6, 6.07) is 20.2. The lowest BCUT2D eigenvalue weighted by Gasteiger charge is -2.19. The second-order valence-electron chi connectivity index (χ2n) is 6.42. The van der Waals surface area contributed by atoms with Crippen LogP contribution < -0.4 is 5.32 Å². The Morgan fingerprint density at radius 2 is 1.71 bits per heavy atom. The molecule has 1 N–H and O–H groups in total. The van der Waals surface area contributed by atoms with Gasteiger partial charge in [-0.25, -0.2) is 0 Å². The number of rotatable bonds is 7. The summed E-state index contributed by atoms with van der Waals surface area (Å²) in [6.45, 7) is 0.771. The van der Waals surface area contributed by atoms with E-state index in [1.165, 1.54) is 30.6 Å². The van der Waals surface area contributed by atoms with Crippen LogP contribution in [0.25, 0.3) is 0 Å². The lowest BCUT2D eigenvalue weighted by molar-refractivity contribution is 0.0952. The molecule has 2 atom stereocenters. The molecule has 0 bridgehead atoms. The van der Waals surface area contributed by atoms with Gasteiger partial charge in [0.25, 0.3) is 5.91 Å². The molecular formula is C21H25NOS. The van der Waals surface area contributed by atoms with Gasteiger partial charge in [0.2, 0.25) is 0 Å². The van der Waals surface area contributed by atoms with Gasteiger partial charge in [-0.3, -0.25) is 4.79 Å². The number of nitrogens with one attached hydrogen (secondary N) is 1. The molecule has 126 valence electrons. The lowest BCUT2D eigenvalue weighted by Crippen LogP contribution is -2.25. The maximum Gasteiger partial charge on any atom is 0.251 e. The quantitative estimate of drug-likeness (QED) is 0.706. The molecule has 1 amide bonds. The minimum absolute atomic E-state index is 0.0391. The smallest absolute Gasteiger partial charge is 0.251 e. The van der Waals surface area contributed by atoms with Crippen molar-refractivity contribution in [3.05, 3.63) is 66.2 Å². The number of carbonyl (C=O) groups is 1. The average molecular weight is 340 g/mol. The topological polar surface area (TPSA) is 29.1 Å². The fourth-order valence-electron chi connectivity index (χ4n) is 3.42. The number of amides is 1. The van der Waals surface area contributed by atoms with Crippen molar-refractivity contribution in [1.82, 2.24) is 5.32 Å². The number of thioether (sulfide) groups is 1. The molecule has 0 spiro atoms. The first-order valence-corrected chi connectivity index (χ1v) is 9.76. The highest BCUT2D eigenvalue weighted by atomic mass is 32.2. The standard InChI is InChI=1S/C21H25NOS/c23-21(18-9-3-1-4-10-18)22-16-8-12-17-11-7-15-20(17)24-19-13-5-2-6-14-19/h1-6,9-10,13-14,17,20H,7-8,11-12,15-16H2,(H,22,23). The first-order chi connectivity index (χ1) is 11.8. The van der Waals surface area contributed by atoms with Crippen LogP contribution in [0, 0.1) is 5.92 Å². The molecule has 1 aliphatic carbocycles. The van der Waals surface area contributed by atoms with E-state index in [-0.39, 0.29) is 5.91 Å². The summed E-state index contributed by atoms with van der Waals surface area (Å²) in [6.07, 6.45) is 6.26. The molecule has 0 aromatic heterocycles. The Morgan fingerprint density at radius 1 is 1.00 bits per heavy atom. The van der Waals surface area contributed by atoms with Gasteiger partial charge in [-0.1, -0.05) is 42.8 Å². The zero-order valence-corrected chi connectivity index (χ0v) is 14.8. The molecule has 2 aromatic rings. The molecule has 3 rings (SSSR count). The maximum absolute atomic E-state index is 12.0. The Morgan fingerprint density at radius 3 is 2.46 bits per heavy atom. The summed E-state index contributed by atoms with van der Waals surface area (Å²) in [7, 11) is 0. The molecule has 1 aliphatic rings.